The first-order valence-electron chi connectivity index (χ1n) is 5.26. The van der Waals surface area contributed by atoms with E-state index in [9.17, 15) is 13.2 Å². The molecule has 0 saturated carbocycles. The van der Waals surface area contributed by atoms with E-state index < -0.39 is 16.0 Å². The molecule has 7 heteroatoms. The van der Waals surface area contributed by atoms with Gasteiger partial charge in [0.2, 0.25) is 10.0 Å². The zero-order valence-electron chi connectivity index (χ0n) is 9.73. The van der Waals surface area contributed by atoms with Crippen molar-refractivity contribution in [2.45, 2.75) is 32.7 Å². The van der Waals surface area contributed by atoms with Crippen molar-refractivity contribution in [3.63, 3.8) is 0 Å². The third-order valence-electron chi connectivity index (χ3n) is 1.80. The SMILES string of the molecule is CCOC(=O)CCS(=O)(=O)NCCC(C)N. The second-order valence-electron chi connectivity index (χ2n) is 3.53. The number of hydrogen-bond acceptors (Lipinski definition) is 5. The average Bonchev–Trinajstić information content (AvgIpc) is 2.14. The molecule has 0 bridgehead atoms. The number of esters is 1. The highest BCUT2D eigenvalue weighted by molar-refractivity contribution is 7.89. The van der Waals surface area contributed by atoms with Crippen LogP contribution in [0.2, 0.25) is 0 Å². The molecule has 0 radical (unpaired) electrons. The lowest BCUT2D eigenvalue weighted by Gasteiger charge is -2.07. The molecule has 0 aromatic heterocycles. The average molecular weight is 252 g/mol. The van der Waals surface area contributed by atoms with Gasteiger partial charge in [0, 0.05) is 12.6 Å². The van der Waals surface area contributed by atoms with E-state index in [4.69, 9.17) is 5.73 Å². The van der Waals surface area contributed by atoms with Crippen LogP contribution in [0, 0.1) is 0 Å². The Labute approximate surface area is 96.6 Å². The predicted octanol–water partition coefficient (Wildman–Crippen LogP) is -0.404. The summed E-state index contributed by atoms with van der Waals surface area (Å²) < 4.78 is 29.7. The van der Waals surface area contributed by atoms with Crippen LogP contribution >= 0.6 is 0 Å². The zero-order chi connectivity index (χ0) is 12.6. The molecule has 0 fully saturated rings. The van der Waals surface area contributed by atoms with Crippen LogP contribution in [0.4, 0.5) is 0 Å². The summed E-state index contributed by atoms with van der Waals surface area (Å²) in [5.41, 5.74) is 5.47. The first kappa shape index (κ1) is 15.3. The van der Waals surface area contributed by atoms with Crippen LogP contribution in [0.1, 0.15) is 26.7 Å². The molecule has 0 aromatic rings. The largest absolute Gasteiger partial charge is 0.466 e. The number of ether oxygens (including phenoxy) is 1. The highest BCUT2D eigenvalue weighted by atomic mass is 32.2. The molecule has 0 aliphatic rings. The Hall–Kier alpha value is -0.660. The van der Waals surface area contributed by atoms with E-state index in [-0.39, 0.29) is 24.8 Å². The number of nitrogens with two attached hydrogens (primary N) is 1. The molecule has 0 aromatic carbocycles. The van der Waals surface area contributed by atoms with Crippen LogP contribution in [-0.2, 0) is 19.6 Å². The number of carbonyl (C=O) groups excluding carboxylic acids is 1. The van der Waals surface area contributed by atoms with Gasteiger partial charge in [-0.05, 0) is 20.3 Å². The minimum absolute atomic E-state index is 0.0484. The van der Waals surface area contributed by atoms with Crippen LogP contribution < -0.4 is 10.5 Å². The quantitative estimate of drug-likeness (QED) is 0.572. The van der Waals surface area contributed by atoms with Gasteiger partial charge in [0.1, 0.15) is 0 Å². The molecule has 1 atom stereocenters. The maximum Gasteiger partial charge on any atom is 0.306 e. The Morgan fingerprint density at radius 1 is 1.50 bits per heavy atom. The van der Waals surface area contributed by atoms with E-state index in [1.165, 1.54) is 0 Å². The number of nitrogens with one attached hydrogen (secondary N) is 1. The van der Waals surface area contributed by atoms with Crippen molar-refractivity contribution in [2.24, 2.45) is 5.73 Å². The van der Waals surface area contributed by atoms with E-state index in [0.717, 1.165) is 0 Å². The van der Waals surface area contributed by atoms with E-state index in [1.54, 1.807) is 13.8 Å². The fourth-order valence-corrected chi connectivity index (χ4v) is 1.97. The van der Waals surface area contributed by atoms with Crippen molar-refractivity contribution < 1.29 is 17.9 Å². The molecule has 0 amide bonds. The lowest BCUT2D eigenvalue weighted by molar-refractivity contribution is -0.142. The lowest BCUT2D eigenvalue weighted by Crippen LogP contribution is -2.31. The molecule has 0 aliphatic carbocycles. The first-order valence-corrected chi connectivity index (χ1v) is 6.91. The standard InChI is InChI=1S/C9H20N2O4S/c1-3-15-9(12)5-7-16(13,14)11-6-4-8(2)10/h8,11H,3-7,10H2,1-2H3. The van der Waals surface area contributed by atoms with E-state index >= 15 is 0 Å². The topological polar surface area (TPSA) is 98.5 Å². The van der Waals surface area contributed by atoms with Gasteiger partial charge < -0.3 is 10.5 Å². The van der Waals surface area contributed by atoms with Gasteiger partial charge in [-0.1, -0.05) is 0 Å². The fourth-order valence-electron chi connectivity index (χ4n) is 0.965. The Balaban J connectivity index is 3.83. The maximum absolute atomic E-state index is 11.4. The summed E-state index contributed by atoms with van der Waals surface area (Å²) >= 11 is 0. The van der Waals surface area contributed by atoms with E-state index in [2.05, 4.69) is 9.46 Å². The molecule has 0 rings (SSSR count). The molecule has 0 spiro atoms. The molecule has 16 heavy (non-hydrogen) atoms. The third kappa shape index (κ3) is 8.63. The van der Waals surface area contributed by atoms with E-state index in [0.29, 0.717) is 13.0 Å². The molecule has 1 unspecified atom stereocenters. The monoisotopic (exact) mass is 252 g/mol. The number of carbonyl (C=O) groups is 1. The van der Waals surface area contributed by atoms with Crippen LogP contribution in [-0.4, -0.2) is 39.3 Å². The Morgan fingerprint density at radius 2 is 2.12 bits per heavy atom. The maximum atomic E-state index is 11.4. The third-order valence-corrected chi connectivity index (χ3v) is 3.19. The molecule has 3 N–H and O–H groups in total. The van der Waals surface area contributed by atoms with Gasteiger partial charge in [-0.25, -0.2) is 13.1 Å². The highest BCUT2D eigenvalue weighted by Gasteiger charge is 2.13. The van der Waals surface area contributed by atoms with Crippen molar-refractivity contribution in [1.82, 2.24) is 4.72 Å². The highest BCUT2D eigenvalue weighted by Crippen LogP contribution is 1.94. The molecular formula is C9H20N2O4S. The number of hydrogen-bond donors (Lipinski definition) is 2. The first-order chi connectivity index (χ1) is 7.37. The zero-order valence-corrected chi connectivity index (χ0v) is 10.5. The van der Waals surface area contributed by atoms with Crippen LogP contribution in [0.5, 0.6) is 0 Å². The summed E-state index contributed by atoms with van der Waals surface area (Å²) in [5, 5.41) is 0. The van der Waals surface area contributed by atoms with Crippen LogP contribution in [0.15, 0.2) is 0 Å². The molecule has 0 heterocycles. The molecule has 0 aliphatic heterocycles. The second-order valence-corrected chi connectivity index (χ2v) is 5.46. The van der Waals surface area contributed by atoms with Gasteiger partial charge in [-0.3, -0.25) is 4.79 Å². The van der Waals surface area contributed by atoms with Crippen molar-refractivity contribution in [2.75, 3.05) is 18.9 Å². The summed E-state index contributed by atoms with van der Waals surface area (Å²) in [6.07, 6.45) is 0.444. The molecule has 6 nitrogen and oxygen atoms in total. The summed E-state index contributed by atoms with van der Waals surface area (Å²) in [4.78, 5) is 10.9. The van der Waals surface area contributed by atoms with Crippen molar-refractivity contribution in [3.05, 3.63) is 0 Å². The summed E-state index contributed by atoms with van der Waals surface area (Å²) in [6, 6.07) is -0.0484. The number of sulfonamides is 1. The minimum atomic E-state index is -3.40. The summed E-state index contributed by atoms with van der Waals surface area (Å²) in [6.45, 7) is 4.03. The van der Waals surface area contributed by atoms with Gasteiger partial charge >= 0.3 is 5.97 Å². The Kier molecular flexibility index (Phi) is 7.27. The molecule has 0 saturated heterocycles. The van der Waals surface area contributed by atoms with Gasteiger partial charge in [-0.15, -0.1) is 0 Å². The summed E-state index contributed by atoms with van der Waals surface area (Å²) in [5.74, 6) is -0.745. The van der Waals surface area contributed by atoms with Crippen molar-refractivity contribution >= 4 is 16.0 Å². The fraction of sp³-hybridized carbons (Fsp3) is 0.889. The van der Waals surface area contributed by atoms with Gasteiger partial charge in [0.05, 0.1) is 18.8 Å². The Bertz CT molecular complexity index is 301. The van der Waals surface area contributed by atoms with Crippen LogP contribution in [0.25, 0.3) is 0 Å². The Morgan fingerprint density at radius 3 is 2.62 bits per heavy atom. The van der Waals surface area contributed by atoms with Gasteiger partial charge in [0.25, 0.3) is 0 Å². The minimum Gasteiger partial charge on any atom is -0.466 e. The lowest BCUT2D eigenvalue weighted by atomic mass is 10.3. The van der Waals surface area contributed by atoms with Gasteiger partial charge in [0.15, 0.2) is 0 Å². The smallest absolute Gasteiger partial charge is 0.306 e. The molecular weight excluding hydrogens is 232 g/mol. The summed E-state index contributed by atoms with van der Waals surface area (Å²) in [7, 11) is -3.40. The van der Waals surface area contributed by atoms with Crippen LogP contribution in [0.3, 0.4) is 0 Å². The normalized spacial score (nSPS) is 13.4. The van der Waals surface area contributed by atoms with Gasteiger partial charge in [-0.2, -0.15) is 0 Å². The predicted molar refractivity (Wildman–Crippen MR) is 61.3 cm³/mol. The number of rotatable bonds is 8. The molecule has 96 valence electrons. The van der Waals surface area contributed by atoms with Crippen molar-refractivity contribution in [3.8, 4) is 0 Å². The van der Waals surface area contributed by atoms with Crippen molar-refractivity contribution in [1.29, 1.82) is 0 Å². The van der Waals surface area contributed by atoms with E-state index in [1.807, 2.05) is 0 Å². The second kappa shape index (κ2) is 7.59.